The van der Waals surface area contributed by atoms with E-state index in [1.165, 1.54) is 24.3 Å². The van der Waals surface area contributed by atoms with Crippen molar-refractivity contribution < 1.29 is 23.9 Å². The summed E-state index contributed by atoms with van der Waals surface area (Å²) >= 11 is 1.03. The Morgan fingerprint density at radius 1 is 1.33 bits per heavy atom. The molecule has 0 aliphatic heterocycles. The lowest BCUT2D eigenvalue weighted by Gasteiger charge is -2.11. The number of hydrogen-bond donors (Lipinski definition) is 3. The van der Waals surface area contributed by atoms with Crippen molar-refractivity contribution in [3.63, 3.8) is 0 Å². The highest BCUT2D eigenvalue weighted by molar-refractivity contribution is 7.20. The number of carbonyl (C=O) groups excluding carboxylic acids is 2. The van der Waals surface area contributed by atoms with Crippen molar-refractivity contribution in [1.82, 2.24) is 5.32 Å². The van der Waals surface area contributed by atoms with Gasteiger partial charge >= 0.3 is 5.97 Å². The molecule has 110 valence electrons. The Balaban J connectivity index is 2.20. The molecular formula is C13H11FN2O4S. The van der Waals surface area contributed by atoms with Gasteiger partial charge in [0.1, 0.15) is 11.9 Å². The minimum absolute atomic E-state index is 0.228. The molecule has 0 unspecified atom stereocenters. The summed E-state index contributed by atoms with van der Waals surface area (Å²) in [6.45, 7) is 0. The maximum atomic E-state index is 13.1. The molecule has 1 atom stereocenters. The Hall–Kier alpha value is -2.48. The summed E-state index contributed by atoms with van der Waals surface area (Å²) in [5, 5.41) is 11.8. The SMILES string of the molecule is NC(=O)C[C@@H](NC(=O)c1cc2ccc(F)cc2s1)C(=O)O. The number of carboxylic acids is 1. The van der Waals surface area contributed by atoms with E-state index in [1.807, 2.05) is 0 Å². The number of benzene rings is 1. The van der Waals surface area contributed by atoms with Crippen LogP contribution < -0.4 is 11.1 Å². The topological polar surface area (TPSA) is 109 Å². The monoisotopic (exact) mass is 310 g/mol. The highest BCUT2D eigenvalue weighted by atomic mass is 32.1. The van der Waals surface area contributed by atoms with E-state index in [1.54, 1.807) is 0 Å². The van der Waals surface area contributed by atoms with E-state index in [0.29, 0.717) is 10.1 Å². The first-order valence-electron chi connectivity index (χ1n) is 5.88. The van der Waals surface area contributed by atoms with E-state index < -0.39 is 36.1 Å². The summed E-state index contributed by atoms with van der Waals surface area (Å²) in [4.78, 5) is 33.9. The molecule has 0 aliphatic rings. The number of nitrogens with two attached hydrogens (primary N) is 1. The standard InChI is InChI=1S/C13H11FN2O4S/c14-7-2-1-6-3-10(21-9(6)4-7)12(18)16-8(13(19)20)5-11(15)17/h1-4,8H,5H2,(H2,15,17)(H,16,18)(H,19,20)/t8-/m1/s1. The van der Waals surface area contributed by atoms with Crippen LogP contribution in [0.3, 0.4) is 0 Å². The summed E-state index contributed by atoms with van der Waals surface area (Å²) in [5.74, 6) is -3.26. The van der Waals surface area contributed by atoms with Crippen molar-refractivity contribution in [2.75, 3.05) is 0 Å². The molecule has 1 aromatic heterocycles. The van der Waals surface area contributed by atoms with Crippen LogP contribution in [0.1, 0.15) is 16.1 Å². The largest absolute Gasteiger partial charge is 0.480 e. The first kappa shape index (κ1) is 14.9. The van der Waals surface area contributed by atoms with Gasteiger partial charge in [0.05, 0.1) is 11.3 Å². The van der Waals surface area contributed by atoms with Crippen LogP contribution >= 0.6 is 11.3 Å². The second-order valence-electron chi connectivity index (χ2n) is 4.33. The molecule has 8 heteroatoms. The second kappa shape index (κ2) is 5.88. The molecule has 0 fully saturated rings. The third-order valence-corrected chi connectivity index (χ3v) is 3.81. The number of aliphatic carboxylic acids is 1. The highest BCUT2D eigenvalue weighted by Crippen LogP contribution is 2.26. The molecule has 2 amide bonds. The zero-order chi connectivity index (χ0) is 15.6. The summed E-state index contributed by atoms with van der Waals surface area (Å²) in [5.41, 5.74) is 4.93. The van der Waals surface area contributed by atoms with Crippen LogP contribution in [0.4, 0.5) is 4.39 Å². The number of hydrogen-bond acceptors (Lipinski definition) is 4. The van der Waals surface area contributed by atoms with Crippen LogP contribution in [0.15, 0.2) is 24.3 Å². The normalized spacial score (nSPS) is 12.0. The molecule has 1 aromatic carbocycles. The number of carbonyl (C=O) groups is 3. The Morgan fingerprint density at radius 3 is 2.67 bits per heavy atom. The van der Waals surface area contributed by atoms with Crippen LogP contribution in [-0.4, -0.2) is 28.9 Å². The summed E-state index contributed by atoms with van der Waals surface area (Å²) in [6, 6.07) is 4.21. The van der Waals surface area contributed by atoms with Gasteiger partial charge in [-0.2, -0.15) is 0 Å². The molecule has 0 saturated carbocycles. The lowest BCUT2D eigenvalue weighted by Crippen LogP contribution is -2.43. The third-order valence-electron chi connectivity index (χ3n) is 2.71. The van der Waals surface area contributed by atoms with Gasteiger partial charge in [-0.25, -0.2) is 9.18 Å². The van der Waals surface area contributed by atoms with Gasteiger partial charge in [-0.1, -0.05) is 6.07 Å². The van der Waals surface area contributed by atoms with Crippen molar-refractivity contribution in [3.05, 3.63) is 35.0 Å². The van der Waals surface area contributed by atoms with Gasteiger partial charge in [-0.3, -0.25) is 9.59 Å². The number of nitrogens with one attached hydrogen (secondary N) is 1. The van der Waals surface area contributed by atoms with E-state index in [2.05, 4.69) is 5.32 Å². The molecule has 0 radical (unpaired) electrons. The van der Waals surface area contributed by atoms with Gasteiger partial charge in [0, 0.05) is 4.70 Å². The molecule has 4 N–H and O–H groups in total. The van der Waals surface area contributed by atoms with Crippen molar-refractivity contribution in [3.8, 4) is 0 Å². The number of thiophene rings is 1. The molecule has 21 heavy (non-hydrogen) atoms. The summed E-state index contributed by atoms with van der Waals surface area (Å²) in [7, 11) is 0. The van der Waals surface area contributed by atoms with E-state index in [9.17, 15) is 18.8 Å². The van der Waals surface area contributed by atoms with Crippen LogP contribution in [0, 0.1) is 5.82 Å². The first-order valence-corrected chi connectivity index (χ1v) is 6.69. The lowest BCUT2D eigenvalue weighted by molar-refractivity contribution is -0.140. The van der Waals surface area contributed by atoms with Gasteiger partial charge < -0.3 is 16.2 Å². The van der Waals surface area contributed by atoms with Crippen molar-refractivity contribution in [2.24, 2.45) is 5.73 Å². The van der Waals surface area contributed by atoms with Crippen molar-refractivity contribution >= 4 is 39.2 Å². The third kappa shape index (κ3) is 3.54. The zero-order valence-electron chi connectivity index (χ0n) is 10.6. The van der Waals surface area contributed by atoms with Crippen molar-refractivity contribution in [1.29, 1.82) is 0 Å². The van der Waals surface area contributed by atoms with Crippen molar-refractivity contribution in [2.45, 2.75) is 12.5 Å². The maximum absolute atomic E-state index is 13.1. The molecule has 6 nitrogen and oxygen atoms in total. The fourth-order valence-electron chi connectivity index (χ4n) is 1.75. The predicted octanol–water partition coefficient (Wildman–Crippen LogP) is 1.10. The quantitative estimate of drug-likeness (QED) is 0.768. The maximum Gasteiger partial charge on any atom is 0.326 e. The molecule has 2 rings (SSSR count). The van der Waals surface area contributed by atoms with Crippen LogP contribution in [0.2, 0.25) is 0 Å². The van der Waals surface area contributed by atoms with E-state index in [-0.39, 0.29) is 4.88 Å². The molecule has 2 aromatic rings. The summed E-state index contributed by atoms with van der Waals surface area (Å²) in [6.07, 6.45) is -0.499. The number of amides is 2. The van der Waals surface area contributed by atoms with Crippen LogP contribution in [0.25, 0.3) is 10.1 Å². The van der Waals surface area contributed by atoms with E-state index in [4.69, 9.17) is 10.8 Å². The predicted molar refractivity (Wildman–Crippen MR) is 74.5 cm³/mol. The van der Waals surface area contributed by atoms with Gasteiger partial charge in [0.25, 0.3) is 5.91 Å². The highest BCUT2D eigenvalue weighted by Gasteiger charge is 2.23. The number of fused-ring (bicyclic) bond motifs is 1. The van der Waals surface area contributed by atoms with Gasteiger partial charge in [-0.05, 0) is 23.6 Å². The molecule has 1 heterocycles. The van der Waals surface area contributed by atoms with Gasteiger partial charge in [-0.15, -0.1) is 11.3 Å². The minimum Gasteiger partial charge on any atom is -0.480 e. The molecular weight excluding hydrogens is 299 g/mol. The van der Waals surface area contributed by atoms with Gasteiger partial charge in [0.2, 0.25) is 5.91 Å². The van der Waals surface area contributed by atoms with Crippen LogP contribution in [-0.2, 0) is 9.59 Å². The fourth-order valence-corrected chi connectivity index (χ4v) is 2.74. The molecule has 0 spiro atoms. The second-order valence-corrected chi connectivity index (χ2v) is 5.41. The molecule has 0 saturated heterocycles. The fraction of sp³-hybridized carbons (Fsp3) is 0.154. The van der Waals surface area contributed by atoms with Gasteiger partial charge in [0.15, 0.2) is 0 Å². The Kier molecular flexibility index (Phi) is 4.18. The van der Waals surface area contributed by atoms with E-state index in [0.717, 1.165) is 11.3 Å². The van der Waals surface area contributed by atoms with Crippen LogP contribution in [0.5, 0.6) is 0 Å². The Labute approximate surface area is 122 Å². The zero-order valence-corrected chi connectivity index (χ0v) is 11.4. The lowest BCUT2D eigenvalue weighted by atomic mass is 10.2. The van der Waals surface area contributed by atoms with E-state index >= 15 is 0 Å². The smallest absolute Gasteiger partial charge is 0.326 e. The molecule has 0 aliphatic carbocycles. The average molecular weight is 310 g/mol. The first-order chi connectivity index (χ1) is 9.86. The number of primary amides is 1. The Morgan fingerprint density at radius 2 is 2.05 bits per heavy atom. The molecule has 0 bridgehead atoms. The number of carboxylic acid groups (broad SMARTS) is 1. The Bertz CT molecular complexity index is 728. The number of rotatable bonds is 5. The minimum atomic E-state index is -1.39. The number of halogens is 1. The summed E-state index contributed by atoms with van der Waals surface area (Å²) < 4.78 is 13.7. The average Bonchev–Trinajstić information content (AvgIpc) is 2.80.